The molecule has 2 aromatic rings. The second-order valence-corrected chi connectivity index (χ2v) is 8.52. The molecule has 1 fully saturated rings. The molecule has 0 radical (unpaired) electrons. The third-order valence-electron chi connectivity index (χ3n) is 6.50. The first-order valence-corrected chi connectivity index (χ1v) is 11.3. The molecule has 2 aromatic carbocycles. The molecule has 1 N–H and O–H groups in total. The quantitative estimate of drug-likeness (QED) is 0.645. The van der Waals surface area contributed by atoms with E-state index in [2.05, 4.69) is 5.32 Å². The molecule has 0 bridgehead atoms. The van der Waals surface area contributed by atoms with Crippen molar-refractivity contribution in [1.29, 1.82) is 0 Å². The molecule has 0 spiro atoms. The molecule has 33 heavy (non-hydrogen) atoms. The number of carbonyl (C=O) groups excluding carboxylic acids is 2. The Morgan fingerprint density at radius 1 is 0.788 bits per heavy atom. The summed E-state index contributed by atoms with van der Waals surface area (Å²) in [5, 5.41) is 3.05. The molecular formula is C25H27NO7. The summed E-state index contributed by atoms with van der Waals surface area (Å²) in [5.41, 5.74) is 1.38. The number of ketones is 1. The minimum absolute atomic E-state index is 0.0984. The molecule has 0 aliphatic carbocycles. The number of ether oxygens (including phenoxy) is 5. The number of rotatable bonds is 7. The molecule has 3 aliphatic rings. The van der Waals surface area contributed by atoms with Crippen molar-refractivity contribution in [2.45, 2.75) is 31.1 Å². The Bertz CT molecular complexity index is 1050. The van der Waals surface area contributed by atoms with Crippen LogP contribution in [0.1, 0.15) is 41.6 Å². The number of nitrogens with one attached hydrogen (secondary N) is 1. The van der Waals surface area contributed by atoms with Gasteiger partial charge in [-0.05, 0) is 48.7 Å². The van der Waals surface area contributed by atoms with Crippen LogP contribution in [0.2, 0.25) is 0 Å². The van der Waals surface area contributed by atoms with Crippen LogP contribution >= 0.6 is 0 Å². The van der Waals surface area contributed by atoms with E-state index in [-0.39, 0.29) is 36.7 Å². The van der Waals surface area contributed by atoms with Gasteiger partial charge < -0.3 is 29.0 Å². The van der Waals surface area contributed by atoms with Gasteiger partial charge in [-0.1, -0.05) is 6.07 Å². The molecular weight excluding hydrogens is 426 g/mol. The van der Waals surface area contributed by atoms with Crippen LogP contribution in [0, 0.1) is 0 Å². The fraction of sp³-hybridized carbons (Fsp3) is 0.440. The SMILES string of the molecule is O=C(CCC(=O)c1ccc2c(c1)OCCO2)NCC1(c2ccc3c(c2)OCO3)CCOCC1. The van der Waals surface area contributed by atoms with Crippen LogP contribution in [0.3, 0.4) is 0 Å². The summed E-state index contributed by atoms with van der Waals surface area (Å²) in [7, 11) is 0. The van der Waals surface area contributed by atoms with Crippen LogP contribution in [-0.4, -0.2) is 51.5 Å². The molecule has 3 heterocycles. The molecule has 0 unspecified atom stereocenters. The van der Waals surface area contributed by atoms with Gasteiger partial charge in [-0.3, -0.25) is 9.59 Å². The summed E-state index contributed by atoms with van der Waals surface area (Å²) in [4.78, 5) is 25.2. The van der Waals surface area contributed by atoms with Crippen molar-refractivity contribution in [2.24, 2.45) is 0 Å². The van der Waals surface area contributed by atoms with Crippen molar-refractivity contribution < 1.29 is 33.3 Å². The second-order valence-electron chi connectivity index (χ2n) is 8.52. The molecule has 1 amide bonds. The minimum Gasteiger partial charge on any atom is -0.486 e. The fourth-order valence-electron chi connectivity index (χ4n) is 4.50. The highest BCUT2D eigenvalue weighted by atomic mass is 16.7. The van der Waals surface area contributed by atoms with Crippen molar-refractivity contribution in [3.05, 3.63) is 47.5 Å². The predicted octanol–water partition coefficient (Wildman–Crippen LogP) is 3.01. The third kappa shape index (κ3) is 4.61. The smallest absolute Gasteiger partial charge is 0.231 e. The van der Waals surface area contributed by atoms with Crippen molar-refractivity contribution in [3.63, 3.8) is 0 Å². The summed E-state index contributed by atoms with van der Waals surface area (Å²) in [5.74, 6) is 2.44. The lowest BCUT2D eigenvalue weighted by Gasteiger charge is -2.38. The highest BCUT2D eigenvalue weighted by Gasteiger charge is 2.36. The normalized spacial score (nSPS) is 17.9. The molecule has 1 saturated heterocycles. The number of carbonyl (C=O) groups is 2. The van der Waals surface area contributed by atoms with Crippen molar-refractivity contribution >= 4 is 11.7 Å². The maximum absolute atomic E-state index is 12.6. The number of Topliss-reactive ketones (excluding diaryl/α,β-unsaturated/α-hetero) is 1. The van der Waals surface area contributed by atoms with Gasteiger partial charge in [-0.25, -0.2) is 0 Å². The molecule has 0 atom stereocenters. The number of amides is 1. The van der Waals surface area contributed by atoms with Crippen LogP contribution in [0.5, 0.6) is 23.0 Å². The zero-order valence-electron chi connectivity index (χ0n) is 18.4. The largest absolute Gasteiger partial charge is 0.486 e. The van der Waals surface area contributed by atoms with E-state index in [1.807, 2.05) is 18.2 Å². The molecule has 0 saturated carbocycles. The topological polar surface area (TPSA) is 92.3 Å². The van der Waals surface area contributed by atoms with E-state index in [0.717, 1.165) is 29.9 Å². The molecule has 3 aliphatic heterocycles. The Balaban J connectivity index is 1.19. The average Bonchev–Trinajstić information content (AvgIpc) is 3.34. The minimum atomic E-state index is -0.241. The van der Waals surface area contributed by atoms with E-state index in [4.69, 9.17) is 23.7 Å². The Morgan fingerprint density at radius 2 is 1.48 bits per heavy atom. The zero-order valence-corrected chi connectivity index (χ0v) is 18.4. The molecule has 0 aromatic heterocycles. The fourth-order valence-corrected chi connectivity index (χ4v) is 4.50. The zero-order chi connectivity index (χ0) is 22.7. The van der Waals surface area contributed by atoms with E-state index in [9.17, 15) is 9.59 Å². The van der Waals surface area contributed by atoms with Crippen LogP contribution in [0.25, 0.3) is 0 Å². The van der Waals surface area contributed by atoms with E-state index >= 15 is 0 Å². The average molecular weight is 453 g/mol. The first-order chi connectivity index (χ1) is 16.1. The Kier molecular flexibility index (Phi) is 6.09. The van der Waals surface area contributed by atoms with Crippen LogP contribution in [0.15, 0.2) is 36.4 Å². The molecule has 174 valence electrons. The van der Waals surface area contributed by atoms with Crippen LogP contribution in [0.4, 0.5) is 0 Å². The van der Waals surface area contributed by atoms with Gasteiger partial charge in [0.1, 0.15) is 13.2 Å². The molecule has 8 nitrogen and oxygen atoms in total. The van der Waals surface area contributed by atoms with Gasteiger partial charge >= 0.3 is 0 Å². The number of hydrogen-bond acceptors (Lipinski definition) is 7. The number of hydrogen-bond donors (Lipinski definition) is 1. The molecule has 5 rings (SSSR count). The van der Waals surface area contributed by atoms with E-state index < -0.39 is 0 Å². The standard InChI is InChI=1S/C25H27NO7/c27-19(17-1-4-20-22(13-17)31-12-11-30-20)3-6-24(28)26-15-25(7-9-29-10-8-25)18-2-5-21-23(14-18)33-16-32-21/h1-2,4-5,13-14H,3,6-12,15-16H2,(H,26,28). The van der Waals surface area contributed by atoms with Crippen LogP contribution in [-0.2, 0) is 14.9 Å². The maximum atomic E-state index is 12.6. The van der Waals surface area contributed by atoms with Gasteiger partial charge in [0.15, 0.2) is 28.8 Å². The van der Waals surface area contributed by atoms with Crippen molar-refractivity contribution in [3.8, 4) is 23.0 Å². The Morgan fingerprint density at radius 3 is 2.33 bits per heavy atom. The summed E-state index contributed by atoms with van der Waals surface area (Å²) in [6, 6.07) is 11.1. The van der Waals surface area contributed by atoms with Gasteiger partial charge in [0.05, 0.1) is 0 Å². The maximum Gasteiger partial charge on any atom is 0.231 e. The Hall–Kier alpha value is -3.26. The van der Waals surface area contributed by atoms with Gasteiger partial charge in [0.25, 0.3) is 0 Å². The predicted molar refractivity (Wildman–Crippen MR) is 118 cm³/mol. The second kappa shape index (κ2) is 9.31. The lowest BCUT2D eigenvalue weighted by atomic mass is 9.74. The summed E-state index contributed by atoms with van der Waals surface area (Å²) >= 11 is 0. The van der Waals surface area contributed by atoms with E-state index in [1.165, 1.54) is 0 Å². The van der Waals surface area contributed by atoms with Crippen molar-refractivity contribution in [2.75, 3.05) is 39.8 Å². The first-order valence-electron chi connectivity index (χ1n) is 11.3. The summed E-state index contributed by atoms with van der Waals surface area (Å²) in [6.07, 6.45) is 1.85. The highest BCUT2D eigenvalue weighted by molar-refractivity contribution is 5.98. The van der Waals surface area contributed by atoms with Gasteiger partial charge in [-0.2, -0.15) is 0 Å². The van der Waals surface area contributed by atoms with Gasteiger partial charge in [0.2, 0.25) is 12.7 Å². The number of benzene rings is 2. The number of fused-ring (bicyclic) bond motifs is 2. The van der Waals surface area contributed by atoms with Gasteiger partial charge in [0, 0.05) is 43.6 Å². The lowest BCUT2D eigenvalue weighted by molar-refractivity contribution is -0.121. The molecule has 8 heteroatoms. The van der Waals surface area contributed by atoms with E-state index in [0.29, 0.717) is 50.0 Å². The lowest BCUT2D eigenvalue weighted by Crippen LogP contribution is -2.44. The Labute approximate surface area is 192 Å². The van der Waals surface area contributed by atoms with Crippen LogP contribution < -0.4 is 24.3 Å². The summed E-state index contributed by atoms with van der Waals surface area (Å²) in [6.45, 7) is 2.93. The van der Waals surface area contributed by atoms with Crippen molar-refractivity contribution in [1.82, 2.24) is 5.32 Å². The monoisotopic (exact) mass is 453 g/mol. The van der Waals surface area contributed by atoms with E-state index in [1.54, 1.807) is 18.2 Å². The third-order valence-corrected chi connectivity index (χ3v) is 6.50. The van der Waals surface area contributed by atoms with Gasteiger partial charge in [-0.15, -0.1) is 0 Å². The summed E-state index contributed by atoms with van der Waals surface area (Å²) < 4.78 is 27.6. The first kappa shape index (κ1) is 21.6. The highest BCUT2D eigenvalue weighted by Crippen LogP contribution is 2.40.